The highest BCUT2D eigenvalue weighted by Gasteiger charge is 2.16. The van der Waals surface area contributed by atoms with Crippen LogP contribution in [0.3, 0.4) is 0 Å². The summed E-state index contributed by atoms with van der Waals surface area (Å²) in [4.78, 5) is 11.6. The number of rotatable bonds is 4. The van der Waals surface area contributed by atoms with Crippen LogP contribution in [0.15, 0.2) is 95.9 Å². The molecule has 0 unspecified atom stereocenters. The van der Waals surface area contributed by atoms with Crippen molar-refractivity contribution in [3.8, 4) is 11.8 Å². The summed E-state index contributed by atoms with van der Waals surface area (Å²) >= 11 is 0. The zero-order chi connectivity index (χ0) is 22.6. The van der Waals surface area contributed by atoms with E-state index in [0.29, 0.717) is 22.4 Å². The highest BCUT2D eigenvalue weighted by atomic mass is 32.2. The first-order chi connectivity index (χ1) is 15.5. The predicted octanol–water partition coefficient (Wildman–Crippen LogP) is 4.16. The fourth-order valence-electron chi connectivity index (χ4n) is 3.13. The van der Waals surface area contributed by atoms with E-state index >= 15 is 0 Å². The molecule has 0 heterocycles. The minimum Gasteiger partial charge on any atom is -0.288 e. The van der Waals surface area contributed by atoms with Gasteiger partial charge in [0.15, 0.2) is 0 Å². The molecule has 158 valence electrons. The van der Waals surface area contributed by atoms with Crippen LogP contribution in [0.4, 0.5) is 5.69 Å². The average molecular weight is 442 g/mol. The van der Waals surface area contributed by atoms with Crippen LogP contribution >= 0.6 is 0 Å². The molecular weight excluding hydrogens is 424 g/mol. The minimum absolute atomic E-state index is 0.164. The number of anilines is 1. The summed E-state index contributed by atoms with van der Waals surface area (Å²) in [5, 5.41) is 10.5. The quantitative estimate of drug-likeness (QED) is 0.251. The second-order valence-electron chi connectivity index (χ2n) is 6.93. The molecule has 0 aromatic heterocycles. The van der Waals surface area contributed by atoms with E-state index in [1.54, 1.807) is 60.1 Å². The molecule has 4 rings (SSSR count). The fourth-order valence-corrected chi connectivity index (χ4v) is 4.24. The van der Waals surface area contributed by atoms with Gasteiger partial charge in [-0.1, -0.05) is 54.3 Å². The Morgan fingerprint density at radius 1 is 0.781 bits per heavy atom. The number of para-hydroxylation sites is 1. The summed E-state index contributed by atoms with van der Waals surface area (Å²) in [6.45, 7) is 0. The first-order valence-corrected chi connectivity index (χ1v) is 11.1. The highest BCUT2D eigenvalue weighted by Crippen LogP contribution is 2.23. The molecule has 4 aromatic rings. The van der Waals surface area contributed by atoms with Gasteiger partial charge < -0.3 is 0 Å². The van der Waals surface area contributed by atoms with Crippen molar-refractivity contribution in [1.82, 2.24) is 5.48 Å². The molecule has 6 nitrogen and oxygen atoms in total. The van der Waals surface area contributed by atoms with E-state index in [0.717, 1.165) is 10.8 Å². The van der Waals surface area contributed by atoms with Crippen molar-refractivity contribution in [2.75, 3.05) is 4.72 Å². The Morgan fingerprint density at radius 3 is 2.22 bits per heavy atom. The number of nitrogens with one attached hydrogen (secondary N) is 2. The number of hydroxylamine groups is 1. The Hall–Kier alpha value is -4.12. The summed E-state index contributed by atoms with van der Waals surface area (Å²) < 4.78 is 28.6. The lowest BCUT2D eigenvalue weighted by Crippen LogP contribution is -2.18. The van der Waals surface area contributed by atoms with Crippen molar-refractivity contribution in [1.29, 1.82) is 0 Å². The third-order valence-electron chi connectivity index (χ3n) is 4.79. The van der Waals surface area contributed by atoms with Crippen LogP contribution in [-0.2, 0) is 10.0 Å². The van der Waals surface area contributed by atoms with Crippen molar-refractivity contribution < 1.29 is 18.4 Å². The van der Waals surface area contributed by atoms with Crippen LogP contribution < -0.4 is 10.2 Å². The number of hydrogen-bond acceptors (Lipinski definition) is 4. The lowest BCUT2D eigenvalue weighted by molar-refractivity contribution is 0.0706. The maximum atomic E-state index is 13.0. The van der Waals surface area contributed by atoms with E-state index in [4.69, 9.17) is 5.21 Å². The molecule has 0 saturated carbocycles. The Bertz CT molecular complexity index is 1470. The number of benzene rings is 4. The zero-order valence-corrected chi connectivity index (χ0v) is 17.6. The van der Waals surface area contributed by atoms with Gasteiger partial charge >= 0.3 is 0 Å². The van der Waals surface area contributed by atoms with Crippen LogP contribution in [0.5, 0.6) is 0 Å². The third-order valence-corrected chi connectivity index (χ3v) is 6.16. The maximum Gasteiger partial charge on any atom is 0.274 e. The molecule has 7 heteroatoms. The Morgan fingerprint density at radius 2 is 1.47 bits per heavy atom. The number of carbonyl (C=O) groups is 1. The second kappa shape index (κ2) is 8.94. The van der Waals surface area contributed by atoms with Gasteiger partial charge in [0.2, 0.25) is 0 Å². The summed E-state index contributed by atoms with van der Waals surface area (Å²) in [5.74, 6) is 5.31. The van der Waals surface area contributed by atoms with Gasteiger partial charge in [-0.05, 0) is 59.3 Å². The molecule has 3 N–H and O–H groups in total. The molecule has 0 saturated heterocycles. The Kier molecular flexibility index (Phi) is 5.90. The van der Waals surface area contributed by atoms with E-state index in [1.807, 2.05) is 24.3 Å². The average Bonchev–Trinajstić information content (AvgIpc) is 2.83. The maximum absolute atomic E-state index is 13.0. The normalized spacial score (nSPS) is 10.8. The Balaban J connectivity index is 1.61. The third kappa shape index (κ3) is 4.62. The first kappa shape index (κ1) is 21.1. The second-order valence-corrected chi connectivity index (χ2v) is 8.61. The summed E-state index contributed by atoms with van der Waals surface area (Å²) in [5.41, 5.74) is 3.37. The van der Waals surface area contributed by atoms with Gasteiger partial charge in [0.25, 0.3) is 15.9 Å². The monoisotopic (exact) mass is 442 g/mol. The molecule has 0 aliphatic heterocycles. The SMILES string of the molecule is O=C(NO)c1ccc(C#Cc2ccccc2NS(=O)(=O)c2ccc3ccccc3c2)cc1. The van der Waals surface area contributed by atoms with Gasteiger partial charge in [-0.25, -0.2) is 13.9 Å². The molecule has 0 spiro atoms. The largest absolute Gasteiger partial charge is 0.288 e. The van der Waals surface area contributed by atoms with Crippen LogP contribution in [0.1, 0.15) is 21.5 Å². The van der Waals surface area contributed by atoms with Crippen molar-refractivity contribution in [3.63, 3.8) is 0 Å². The smallest absolute Gasteiger partial charge is 0.274 e. The standard InChI is InChI=1S/C25H18N2O4S/c28-25(26-29)21-13-10-18(11-14-21)9-12-20-6-3-4-8-24(20)27-32(30,31)23-16-15-19-5-1-2-7-22(19)17-23/h1-8,10-11,13-17,27,29H,(H,26,28). The lowest BCUT2D eigenvalue weighted by atomic mass is 10.1. The Labute approximate surface area is 185 Å². The molecule has 0 aliphatic rings. The summed E-state index contributed by atoms with van der Waals surface area (Å²) in [7, 11) is -3.81. The van der Waals surface area contributed by atoms with Gasteiger partial charge in [-0.15, -0.1) is 0 Å². The number of amides is 1. The van der Waals surface area contributed by atoms with E-state index in [1.165, 1.54) is 12.1 Å². The van der Waals surface area contributed by atoms with Gasteiger partial charge in [-0.3, -0.25) is 14.7 Å². The predicted molar refractivity (Wildman–Crippen MR) is 123 cm³/mol. The fraction of sp³-hybridized carbons (Fsp3) is 0. The number of sulfonamides is 1. The van der Waals surface area contributed by atoms with Crippen LogP contribution in [0.25, 0.3) is 10.8 Å². The van der Waals surface area contributed by atoms with Gasteiger partial charge in [-0.2, -0.15) is 0 Å². The first-order valence-electron chi connectivity index (χ1n) is 9.63. The van der Waals surface area contributed by atoms with Gasteiger partial charge in [0.05, 0.1) is 10.6 Å². The van der Waals surface area contributed by atoms with Gasteiger partial charge in [0.1, 0.15) is 0 Å². The number of hydrogen-bond donors (Lipinski definition) is 3. The lowest BCUT2D eigenvalue weighted by Gasteiger charge is -2.10. The van der Waals surface area contributed by atoms with E-state index in [9.17, 15) is 13.2 Å². The molecule has 0 bridgehead atoms. The molecule has 0 fully saturated rings. The van der Waals surface area contributed by atoms with E-state index in [2.05, 4.69) is 16.6 Å². The number of carbonyl (C=O) groups excluding carboxylic acids is 1. The van der Waals surface area contributed by atoms with E-state index < -0.39 is 15.9 Å². The van der Waals surface area contributed by atoms with E-state index in [-0.39, 0.29) is 4.90 Å². The summed E-state index contributed by atoms with van der Waals surface area (Å²) in [6.07, 6.45) is 0. The molecule has 1 amide bonds. The van der Waals surface area contributed by atoms with Crippen LogP contribution in [0, 0.1) is 11.8 Å². The number of fused-ring (bicyclic) bond motifs is 1. The van der Waals surface area contributed by atoms with Crippen molar-refractivity contribution >= 4 is 32.4 Å². The molecule has 0 radical (unpaired) electrons. The minimum atomic E-state index is -3.81. The van der Waals surface area contributed by atoms with Crippen LogP contribution in [0.2, 0.25) is 0 Å². The van der Waals surface area contributed by atoms with Crippen molar-refractivity contribution in [2.45, 2.75) is 4.90 Å². The molecule has 0 atom stereocenters. The topological polar surface area (TPSA) is 95.5 Å². The molecule has 4 aromatic carbocycles. The molecule has 0 aliphatic carbocycles. The van der Waals surface area contributed by atoms with Crippen molar-refractivity contribution in [2.24, 2.45) is 0 Å². The summed E-state index contributed by atoms with van der Waals surface area (Å²) in [6, 6.07) is 25.7. The zero-order valence-electron chi connectivity index (χ0n) is 16.7. The van der Waals surface area contributed by atoms with Crippen LogP contribution in [-0.4, -0.2) is 19.5 Å². The van der Waals surface area contributed by atoms with Crippen molar-refractivity contribution in [3.05, 3.63) is 108 Å². The molecular formula is C25H18N2O4S. The highest BCUT2D eigenvalue weighted by molar-refractivity contribution is 7.92. The molecule has 32 heavy (non-hydrogen) atoms. The van der Waals surface area contributed by atoms with Gasteiger partial charge in [0, 0.05) is 16.7 Å².